The lowest BCUT2D eigenvalue weighted by molar-refractivity contribution is -0.384. The SMILES string of the molecule is O=[N+]([O-])c1ccc2[nH]cc(C=CCCl)c2c1. The van der Waals surface area contributed by atoms with Gasteiger partial charge in [-0.05, 0) is 11.6 Å². The number of aromatic amines is 1. The maximum atomic E-state index is 10.6. The van der Waals surface area contributed by atoms with Gasteiger partial charge in [-0.2, -0.15) is 0 Å². The van der Waals surface area contributed by atoms with Crippen molar-refractivity contribution in [1.29, 1.82) is 0 Å². The van der Waals surface area contributed by atoms with Crippen molar-refractivity contribution in [3.63, 3.8) is 0 Å². The molecule has 0 aliphatic carbocycles. The van der Waals surface area contributed by atoms with Crippen LogP contribution in [0.25, 0.3) is 17.0 Å². The zero-order valence-corrected chi connectivity index (χ0v) is 9.07. The molecule has 0 fully saturated rings. The van der Waals surface area contributed by atoms with E-state index in [1.807, 2.05) is 6.08 Å². The molecular formula is C11H9ClN2O2. The topological polar surface area (TPSA) is 58.9 Å². The molecule has 1 heterocycles. The summed E-state index contributed by atoms with van der Waals surface area (Å²) in [6.07, 6.45) is 5.44. The van der Waals surface area contributed by atoms with Crippen molar-refractivity contribution in [2.24, 2.45) is 0 Å². The summed E-state index contributed by atoms with van der Waals surface area (Å²) >= 11 is 5.55. The lowest BCUT2D eigenvalue weighted by Crippen LogP contribution is -1.86. The van der Waals surface area contributed by atoms with Crippen molar-refractivity contribution in [3.8, 4) is 0 Å². The Hall–Kier alpha value is -1.81. The molecule has 0 aliphatic heterocycles. The number of alkyl halides is 1. The summed E-state index contributed by atoms with van der Waals surface area (Å²) in [5.74, 6) is 0.418. The summed E-state index contributed by atoms with van der Waals surface area (Å²) in [4.78, 5) is 13.3. The fourth-order valence-corrected chi connectivity index (χ4v) is 1.64. The standard InChI is InChI=1S/C11H9ClN2O2/c12-5-1-2-8-7-13-11-4-3-9(14(15)16)6-10(8)11/h1-4,6-7,13H,5H2. The van der Waals surface area contributed by atoms with Crippen molar-refractivity contribution in [2.45, 2.75) is 0 Å². The van der Waals surface area contributed by atoms with Gasteiger partial charge in [0.05, 0.1) is 4.92 Å². The van der Waals surface area contributed by atoms with Gasteiger partial charge >= 0.3 is 0 Å². The van der Waals surface area contributed by atoms with Gasteiger partial charge in [0, 0.05) is 35.1 Å². The van der Waals surface area contributed by atoms with E-state index in [0.29, 0.717) is 5.88 Å². The first-order valence-corrected chi connectivity index (χ1v) is 5.24. The molecule has 1 aromatic heterocycles. The first-order chi connectivity index (χ1) is 7.72. The van der Waals surface area contributed by atoms with Gasteiger partial charge in [-0.15, -0.1) is 11.6 Å². The molecule has 0 unspecified atom stereocenters. The van der Waals surface area contributed by atoms with E-state index in [1.165, 1.54) is 6.07 Å². The zero-order valence-electron chi connectivity index (χ0n) is 8.31. The highest BCUT2D eigenvalue weighted by molar-refractivity contribution is 6.19. The minimum Gasteiger partial charge on any atom is -0.361 e. The highest BCUT2D eigenvalue weighted by Gasteiger charge is 2.08. The molecule has 0 atom stereocenters. The van der Waals surface area contributed by atoms with Crippen LogP contribution >= 0.6 is 11.6 Å². The summed E-state index contributed by atoms with van der Waals surface area (Å²) in [6, 6.07) is 4.74. The van der Waals surface area contributed by atoms with Crippen LogP contribution in [-0.4, -0.2) is 15.8 Å². The summed E-state index contributed by atoms with van der Waals surface area (Å²) in [5, 5.41) is 11.5. The molecule has 1 N–H and O–H groups in total. The van der Waals surface area contributed by atoms with Crippen LogP contribution in [0, 0.1) is 10.1 Å². The highest BCUT2D eigenvalue weighted by atomic mass is 35.5. The molecule has 0 bridgehead atoms. The number of fused-ring (bicyclic) bond motifs is 1. The molecule has 2 aromatic rings. The van der Waals surface area contributed by atoms with Gasteiger partial charge in [0.15, 0.2) is 0 Å². The summed E-state index contributed by atoms with van der Waals surface area (Å²) in [7, 11) is 0. The number of rotatable bonds is 3. The number of benzene rings is 1. The summed E-state index contributed by atoms with van der Waals surface area (Å²) in [6.45, 7) is 0. The first kappa shape index (κ1) is 10.7. The highest BCUT2D eigenvalue weighted by Crippen LogP contribution is 2.24. The van der Waals surface area contributed by atoms with Crippen LogP contribution in [0.5, 0.6) is 0 Å². The van der Waals surface area contributed by atoms with Crippen LogP contribution in [0.15, 0.2) is 30.5 Å². The second-order valence-corrected chi connectivity index (χ2v) is 3.60. The summed E-state index contributed by atoms with van der Waals surface area (Å²) in [5.41, 5.74) is 1.87. The maximum absolute atomic E-state index is 10.6. The van der Waals surface area contributed by atoms with Crippen molar-refractivity contribution in [3.05, 3.63) is 46.1 Å². The van der Waals surface area contributed by atoms with E-state index in [2.05, 4.69) is 4.98 Å². The van der Waals surface area contributed by atoms with Crippen LogP contribution in [-0.2, 0) is 0 Å². The Morgan fingerprint density at radius 2 is 2.31 bits per heavy atom. The molecule has 0 amide bonds. The molecule has 0 radical (unpaired) electrons. The van der Waals surface area contributed by atoms with Gasteiger partial charge in [0.1, 0.15) is 0 Å². The van der Waals surface area contributed by atoms with Gasteiger partial charge in [0.25, 0.3) is 5.69 Å². The van der Waals surface area contributed by atoms with E-state index in [9.17, 15) is 10.1 Å². The van der Waals surface area contributed by atoms with Crippen molar-refractivity contribution in [2.75, 3.05) is 5.88 Å². The second kappa shape index (κ2) is 4.37. The van der Waals surface area contributed by atoms with E-state index < -0.39 is 4.92 Å². The van der Waals surface area contributed by atoms with Gasteiger partial charge < -0.3 is 4.98 Å². The average molecular weight is 237 g/mol. The number of aromatic nitrogens is 1. The van der Waals surface area contributed by atoms with Gasteiger partial charge in [-0.3, -0.25) is 10.1 Å². The van der Waals surface area contributed by atoms with Gasteiger partial charge in [-0.1, -0.05) is 12.2 Å². The van der Waals surface area contributed by atoms with Crippen LogP contribution in [0.4, 0.5) is 5.69 Å². The molecule has 4 nitrogen and oxygen atoms in total. The number of non-ortho nitro benzene ring substituents is 1. The van der Waals surface area contributed by atoms with Crippen LogP contribution in [0.3, 0.4) is 0 Å². The average Bonchev–Trinajstić information content (AvgIpc) is 2.68. The third-order valence-electron chi connectivity index (χ3n) is 2.29. The number of hydrogen-bond donors (Lipinski definition) is 1. The Morgan fingerprint density at radius 1 is 1.50 bits per heavy atom. The second-order valence-electron chi connectivity index (χ2n) is 3.29. The Morgan fingerprint density at radius 3 is 3.00 bits per heavy atom. The quantitative estimate of drug-likeness (QED) is 0.505. The fourth-order valence-electron chi connectivity index (χ4n) is 1.55. The monoisotopic (exact) mass is 236 g/mol. The van der Waals surface area contributed by atoms with E-state index in [1.54, 1.807) is 24.4 Å². The minimum atomic E-state index is -0.401. The lowest BCUT2D eigenvalue weighted by atomic mass is 10.1. The first-order valence-electron chi connectivity index (χ1n) is 4.70. The number of nitrogens with zero attached hydrogens (tertiary/aromatic N) is 1. The molecule has 0 saturated heterocycles. The molecule has 5 heteroatoms. The molecule has 2 rings (SSSR count). The molecule has 82 valence electrons. The van der Waals surface area contributed by atoms with Crippen molar-refractivity contribution in [1.82, 2.24) is 4.98 Å². The normalized spacial score (nSPS) is 11.3. The van der Waals surface area contributed by atoms with Gasteiger partial charge in [-0.25, -0.2) is 0 Å². The van der Waals surface area contributed by atoms with Crippen LogP contribution < -0.4 is 0 Å². The lowest BCUT2D eigenvalue weighted by Gasteiger charge is -1.93. The third-order valence-corrected chi connectivity index (χ3v) is 2.47. The predicted molar refractivity (Wildman–Crippen MR) is 64.7 cm³/mol. The van der Waals surface area contributed by atoms with E-state index in [4.69, 9.17) is 11.6 Å². The number of allylic oxidation sites excluding steroid dienone is 1. The Balaban J connectivity index is 2.55. The van der Waals surface area contributed by atoms with E-state index in [0.717, 1.165) is 16.5 Å². The number of hydrogen-bond acceptors (Lipinski definition) is 2. The zero-order chi connectivity index (χ0) is 11.5. The number of nitro benzene ring substituents is 1. The molecular weight excluding hydrogens is 228 g/mol. The molecule has 16 heavy (non-hydrogen) atoms. The van der Waals surface area contributed by atoms with Crippen LogP contribution in [0.1, 0.15) is 5.56 Å². The molecule has 0 saturated carbocycles. The van der Waals surface area contributed by atoms with Crippen LogP contribution in [0.2, 0.25) is 0 Å². The maximum Gasteiger partial charge on any atom is 0.270 e. The van der Waals surface area contributed by atoms with Gasteiger partial charge in [0.2, 0.25) is 0 Å². The molecule has 0 aliphatic rings. The molecule has 1 aromatic carbocycles. The predicted octanol–water partition coefficient (Wildman–Crippen LogP) is 3.33. The minimum absolute atomic E-state index is 0.0904. The Bertz CT molecular complexity index is 560. The number of nitrogens with one attached hydrogen (secondary N) is 1. The Labute approximate surface area is 96.7 Å². The number of H-pyrrole nitrogens is 1. The fraction of sp³-hybridized carbons (Fsp3) is 0.0909. The van der Waals surface area contributed by atoms with Crippen molar-refractivity contribution < 1.29 is 4.92 Å². The van der Waals surface area contributed by atoms with E-state index >= 15 is 0 Å². The number of nitro groups is 1. The molecule has 0 spiro atoms. The smallest absolute Gasteiger partial charge is 0.270 e. The largest absolute Gasteiger partial charge is 0.361 e. The number of halogens is 1. The Kier molecular flexibility index (Phi) is 2.92. The van der Waals surface area contributed by atoms with Crippen molar-refractivity contribution >= 4 is 34.3 Å². The summed E-state index contributed by atoms with van der Waals surface area (Å²) < 4.78 is 0. The van der Waals surface area contributed by atoms with E-state index in [-0.39, 0.29) is 5.69 Å². The third kappa shape index (κ3) is 1.92.